The van der Waals surface area contributed by atoms with E-state index in [0.717, 1.165) is 33.7 Å². The topological polar surface area (TPSA) is 54.7 Å². The Hall–Kier alpha value is -2.29. The molecule has 96 valence electrons. The molecule has 3 nitrogen and oxygen atoms in total. The molecule has 3 rings (SSSR count). The minimum absolute atomic E-state index is 0.788. The second-order valence-corrected chi connectivity index (χ2v) is 5.10. The summed E-state index contributed by atoms with van der Waals surface area (Å²) in [4.78, 5) is 8.06. The zero-order valence-electron chi connectivity index (χ0n) is 11.4. The molecular weight excluding hydrogens is 234 g/mol. The number of rotatable bonds is 1. The van der Waals surface area contributed by atoms with Crippen molar-refractivity contribution in [1.29, 1.82) is 0 Å². The first-order valence-corrected chi connectivity index (χ1v) is 6.38. The maximum atomic E-state index is 6.14. The minimum Gasteiger partial charge on any atom is -0.398 e. The lowest BCUT2D eigenvalue weighted by Gasteiger charge is -2.04. The third kappa shape index (κ3) is 1.87. The van der Waals surface area contributed by atoms with Crippen LogP contribution in [0.4, 0.5) is 5.69 Å². The van der Waals surface area contributed by atoms with Gasteiger partial charge in [-0.15, -0.1) is 0 Å². The number of anilines is 1. The van der Waals surface area contributed by atoms with E-state index in [1.165, 1.54) is 11.1 Å². The fourth-order valence-corrected chi connectivity index (χ4v) is 2.49. The van der Waals surface area contributed by atoms with Crippen molar-refractivity contribution in [2.45, 2.75) is 20.8 Å². The molecule has 0 aliphatic heterocycles. The number of nitrogen functional groups attached to an aromatic ring is 1. The van der Waals surface area contributed by atoms with E-state index in [2.05, 4.69) is 35.9 Å². The number of hydrogen-bond donors (Lipinski definition) is 2. The van der Waals surface area contributed by atoms with Gasteiger partial charge in [0, 0.05) is 11.3 Å². The fraction of sp³-hybridized carbons (Fsp3) is 0.188. The molecule has 3 heteroatoms. The highest BCUT2D eigenvalue weighted by atomic mass is 14.9. The van der Waals surface area contributed by atoms with E-state index < -0.39 is 0 Å². The van der Waals surface area contributed by atoms with Gasteiger partial charge in [0.1, 0.15) is 5.82 Å². The van der Waals surface area contributed by atoms with Crippen LogP contribution in [0.15, 0.2) is 30.3 Å². The van der Waals surface area contributed by atoms with E-state index in [-0.39, 0.29) is 0 Å². The zero-order chi connectivity index (χ0) is 13.6. The van der Waals surface area contributed by atoms with Crippen molar-refractivity contribution in [3.63, 3.8) is 0 Å². The molecule has 1 aromatic heterocycles. The predicted molar refractivity (Wildman–Crippen MR) is 80.2 cm³/mol. The summed E-state index contributed by atoms with van der Waals surface area (Å²) in [5.74, 6) is 0.838. The normalized spacial score (nSPS) is 11.1. The van der Waals surface area contributed by atoms with Gasteiger partial charge in [-0.1, -0.05) is 18.2 Å². The van der Waals surface area contributed by atoms with Crippen molar-refractivity contribution in [3.05, 3.63) is 47.0 Å². The Kier molecular flexibility index (Phi) is 2.56. The molecule has 3 N–H and O–H groups in total. The van der Waals surface area contributed by atoms with Crippen LogP contribution in [0.3, 0.4) is 0 Å². The summed E-state index contributed by atoms with van der Waals surface area (Å²) in [6.07, 6.45) is 0. The standard InChI is InChI=1S/C16H17N3/c1-9-7-11(3)15-13(8-9)18-16(19-15)12-6-4-5-10(2)14(12)17/h4-8H,17H2,1-3H3,(H,18,19). The largest absolute Gasteiger partial charge is 0.398 e. The van der Waals surface area contributed by atoms with Gasteiger partial charge in [0.15, 0.2) is 0 Å². The molecule has 0 spiro atoms. The maximum Gasteiger partial charge on any atom is 0.140 e. The van der Waals surface area contributed by atoms with Crippen molar-refractivity contribution in [2.24, 2.45) is 0 Å². The molecule has 0 saturated heterocycles. The average Bonchev–Trinajstić information content (AvgIpc) is 2.76. The van der Waals surface area contributed by atoms with Crippen molar-refractivity contribution in [3.8, 4) is 11.4 Å². The Balaban J connectivity index is 2.26. The quantitative estimate of drug-likeness (QED) is 0.647. The Labute approximate surface area is 112 Å². The van der Waals surface area contributed by atoms with Crippen molar-refractivity contribution in [1.82, 2.24) is 9.97 Å². The highest BCUT2D eigenvalue weighted by molar-refractivity contribution is 5.85. The van der Waals surface area contributed by atoms with Crippen LogP contribution in [0.2, 0.25) is 0 Å². The number of imidazole rings is 1. The third-order valence-electron chi connectivity index (χ3n) is 3.50. The molecule has 0 saturated carbocycles. The molecule has 0 aliphatic carbocycles. The number of nitrogens with zero attached hydrogens (tertiary/aromatic N) is 1. The molecule has 0 fully saturated rings. The van der Waals surface area contributed by atoms with E-state index in [4.69, 9.17) is 5.73 Å². The van der Waals surface area contributed by atoms with E-state index in [9.17, 15) is 0 Å². The summed E-state index contributed by atoms with van der Waals surface area (Å²) < 4.78 is 0. The van der Waals surface area contributed by atoms with E-state index in [1.54, 1.807) is 0 Å². The second kappa shape index (κ2) is 4.12. The predicted octanol–water partition coefficient (Wildman–Crippen LogP) is 3.74. The summed E-state index contributed by atoms with van der Waals surface area (Å²) >= 11 is 0. The van der Waals surface area contributed by atoms with Crippen LogP contribution < -0.4 is 5.73 Å². The molecule has 1 heterocycles. The van der Waals surface area contributed by atoms with Gasteiger partial charge in [-0.05, 0) is 49.6 Å². The smallest absolute Gasteiger partial charge is 0.140 e. The second-order valence-electron chi connectivity index (χ2n) is 5.10. The summed E-state index contributed by atoms with van der Waals surface area (Å²) in [7, 11) is 0. The number of H-pyrrole nitrogens is 1. The van der Waals surface area contributed by atoms with Gasteiger partial charge in [0.2, 0.25) is 0 Å². The number of aryl methyl sites for hydroxylation is 3. The van der Waals surface area contributed by atoms with Gasteiger partial charge in [0.25, 0.3) is 0 Å². The lowest BCUT2D eigenvalue weighted by molar-refractivity contribution is 1.32. The lowest BCUT2D eigenvalue weighted by Crippen LogP contribution is -1.94. The molecule has 19 heavy (non-hydrogen) atoms. The first-order valence-electron chi connectivity index (χ1n) is 6.38. The fourth-order valence-electron chi connectivity index (χ4n) is 2.49. The number of para-hydroxylation sites is 1. The zero-order valence-corrected chi connectivity index (χ0v) is 11.4. The highest BCUT2D eigenvalue weighted by Crippen LogP contribution is 2.29. The summed E-state index contributed by atoms with van der Waals surface area (Å²) in [6.45, 7) is 6.18. The van der Waals surface area contributed by atoms with Gasteiger partial charge in [-0.25, -0.2) is 4.98 Å². The van der Waals surface area contributed by atoms with Crippen LogP contribution in [-0.2, 0) is 0 Å². The van der Waals surface area contributed by atoms with Gasteiger partial charge in [0.05, 0.1) is 11.0 Å². The van der Waals surface area contributed by atoms with Crippen LogP contribution in [0.1, 0.15) is 16.7 Å². The Bertz CT molecular complexity index is 769. The SMILES string of the molecule is Cc1cc(C)c2nc(-c3cccc(C)c3N)[nH]c2c1. The first kappa shape index (κ1) is 11.8. The van der Waals surface area contributed by atoms with Crippen molar-refractivity contribution < 1.29 is 0 Å². The summed E-state index contributed by atoms with van der Waals surface area (Å²) in [5, 5.41) is 0. The molecule has 0 unspecified atom stereocenters. The number of nitrogens with one attached hydrogen (secondary N) is 1. The van der Waals surface area contributed by atoms with E-state index >= 15 is 0 Å². The third-order valence-corrected chi connectivity index (χ3v) is 3.50. The molecular formula is C16H17N3. The maximum absolute atomic E-state index is 6.14. The monoisotopic (exact) mass is 251 g/mol. The van der Waals surface area contributed by atoms with Crippen LogP contribution in [0.5, 0.6) is 0 Å². The van der Waals surface area contributed by atoms with Crippen LogP contribution >= 0.6 is 0 Å². The Morgan fingerprint density at radius 2 is 1.84 bits per heavy atom. The van der Waals surface area contributed by atoms with Crippen LogP contribution in [-0.4, -0.2) is 9.97 Å². The van der Waals surface area contributed by atoms with Gasteiger partial charge < -0.3 is 10.7 Å². The number of aromatic nitrogens is 2. The van der Waals surface area contributed by atoms with Gasteiger partial charge in [-0.2, -0.15) is 0 Å². The summed E-state index contributed by atoms with van der Waals surface area (Å²) in [5.41, 5.74) is 13.5. The molecule has 3 aromatic rings. The number of hydrogen-bond acceptors (Lipinski definition) is 2. The number of fused-ring (bicyclic) bond motifs is 1. The van der Waals surface area contributed by atoms with Crippen LogP contribution in [0.25, 0.3) is 22.4 Å². The molecule has 0 atom stereocenters. The highest BCUT2D eigenvalue weighted by Gasteiger charge is 2.11. The molecule has 0 bridgehead atoms. The minimum atomic E-state index is 0.788. The van der Waals surface area contributed by atoms with Gasteiger partial charge >= 0.3 is 0 Å². The molecule has 0 amide bonds. The lowest BCUT2D eigenvalue weighted by atomic mass is 10.1. The number of benzene rings is 2. The van der Waals surface area contributed by atoms with Crippen molar-refractivity contribution in [2.75, 3.05) is 5.73 Å². The van der Waals surface area contributed by atoms with Crippen molar-refractivity contribution >= 4 is 16.7 Å². The van der Waals surface area contributed by atoms with Gasteiger partial charge in [-0.3, -0.25) is 0 Å². The van der Waals surface area contributed by atoms with E-state index in [1.807, 2.05) is 25.1 Å². The number of nitrogens with two attached hydrogens (primary N) is 1. The number of aromatic amines is 1. The first-order chi connectivity index (χ1) is 9.06. The average molecular weight is 251 g/mol. The Morgan fingerprint density at radius 3 is 2.63 bits per heavy atom. The molecule has 2 aromatic carbocycles. The summed E-state index contributed by atoms with van der Waals surface area (Å²) in [6, 6.07) is 10.3. The molecule has 0 aliphatic rings. The van der Waals surface area contributed by atoms with E-state index in [0.29, 0.717) is 0 Å². The molecule has 0 radical (unpaired) electrons. The Morgan fingerprint density at radius 1 is 1.05 bits per heavy atom. The van der Waals surface area contributed by atoms with Crippen LogP contribution in [0, 0.1) is 20.8 Å².